The Balaban J connectivity index is 1.92. The third-order valence-electron chi connectivity index (χ3n) is 5.13. The lowest BCUT2D eigenvalue weighted by Gasteiger charge is -2.37. The van der Waals surface area contributed by atoms with Crippen molar-refractivity contribution < 1.29 is 9.53 Å². The molecule has 0 radical (unpaired) electrons. The predicted molar refractivity (Wildman–Crippen MR) is 76.7 cm³/mol. The molecule has 0 aromatic heterocycles. The molecule has 0 amide bonds. The average molecular weight is 267 g/mol. The topological polar surface area (TPSA) is 52.3 Å². The molecule has 0 atom stereocenters. The van der Waals surface area contributed by atoms with Gasteiger partial charge in [0.25, 0.3) is 0 Å². The number of rotatable bonds is 3. The van der Waals surface area contributed by atoms with E-state index in [1.807, 2.05) is 0 Å². The highest BCUT2D eigenvalue weighted by atomic mass is 16.5. The van der Waals surface area contributed by atoms with Crippen LogP contribution in [0.2, 0.25) is 0 Å². The molecule has 0 heterocycles. The van der Waals surface area contributed by atoms with Gasteiger partial charge in [0, 0.05) is 6.54 Å². The van der Waals surface area contributed by atoms with Gasteiger partial charge in [-0.3, -0.25) is 4.79 Å². The fraction of sp³-hybridized carbons (Fsp3) is 0.938. The summed E-state index contributed by atoms with van der Waals surface area (Å²) in [4.78, 5) is 12.5. The highest BCUT2D eigenvalue weighted by Crippen LogP contribution is 2.39. The van der Waals surface area contributed by atoms with Crippen LogP contribution in [-0.4, -0.2) is 18.6 Å². The number of hydrogen-bond acceptors (Lipinski definition) is 3. The van der Waals surface area contributed by atoms with Crippen molar-refractivity contribution in [2.45, 2.75) is 77.2 Å². The lowest BCUT2D eigenvalue weighted by Crippen LogP contribution is -2.44. The summed E-state index contributed by atoms with van der Waals surface area (Å²) in [6.45, 7) is 2.71. The minimum Gasteiger partial charge on any atom is -0.462 e. The van der Waals surface area contributed by atoms with Crippen LogP contribution in [-0.2, 0) is 9.53 Å². The molecule has 19 heavy (non-hydrogen) atoms. The van der Waals surface area contributed by atoms with Gasteiger partial charge in [0.05, 0.1) is 5.41 Å². The van der Waals surface area contributed by atoms with Crippen LogP contribution >= 0.6 is 0 Å². The summed E-state index contributed by atoms with van der Waals surface area (Å²) < 4.78 is 5.82. The summed E-state index contributed by atoms with van der Waals surface area (Å²) in [6, 6.07) is 0. The molecular weight excluding hydrogens is 238 g/mol. The monoisotopic (exact) mass is 267 g/mol. The van der Waals surface area contributed by atoms with Gasteiger partial charge in [-0.2, -0.15) is 0 Å². The van der Waals surface area contributed by atoms with Gasteiger partial charge in [-0.05, 0) is 57.3 Å². The molecule has 3 heteroatoms. The zero-order chi connectivity index (χ0) is 13.7. The van der Waals surface area contributed by atoms with Crippen molar-refractivity contribution >= 4 is 5.97 Å². The zero-order valence-corrected chi connectivity index (χ0v) is 12.3. The van der Waals surface area contributed by atoms with E-state index >= 15 is 0 Å². The maximum Gasteiger partial charge on any atom is 0.313 e. The molecule has 2 rings (SSSR count). The number of nitrogens with two attached hydrogens (primary N) is 1. The van der Waals surface area contributed by atoms with Crippen molar-refractivity contribution in [2.75, 3.05) is 6.54 Å². The van der Waals surface area contributed by atoms with E-state index in [4.69, 9.17) is 10.5 Å². The molecule has 0 saturated heterocycles. The first-order valence-corrected chi connectivity index (χ1v) is 8.07. The van der Waals surface area contributed by atoms with Gasteiger partial charge in [-0.1, -0.05) is 19.8 Å². The molecule has 0 aliphatic heterocycles. The van der Waals surface area contributed by atoms with Crippen LogP contribution in [0.5, 0.6) is 0 Å². The zero-order valence-electron chi connectivity index (χ0n) is 12.3. The number of esters is 1. The molecule has 2 saturated carbocycles. The molecule has 2 aliphatic rings. The Kier molecular flexibility index (Phi) is 5.26. The SMILES string of the molecule is CC1CCC(CN)(C(=O)OC2CCCCCC2)CC1. The van der Waals surface area contributed by atoms with Gasteiger partial charge in [-0.15, -0.1) is 0 Å². The smallest absolute Gasteiger partial charge is 0.313 e. The Bertz CT molecular complexity index is 287. The van der Waals surface area contributed by atoms with Crippen molar-refractivity contribution in [3.8, 4) is 0 Å². The largest absolute Gasteiger partial charge is 0.462 e. The van der Waals surface area contributed by atoms with Crippen LogP contribution in [0.1, 0.15) is 71.1 Å². The highest BCUT2D eigenvalue weighted by molar-refractivity contribution is 5.77. The van der Waals surface area contributed by atoms with Crippen molar-refractivity contribution in [1.82, 2.24) is 0 Å². The number of carbonyl (C=O) groups is 1. The van der Waals surface area contributed by atoms with Crippen LogP contribution < -0.4 is 5.73 Å². The second-order valence-corrected chi connectivity index (χ2v) is 6.69. The fourth-order valence-corrected chi connectivity index (χ4v) is 3.44. The van der Waals surface area contributed by atoms with Crippen molar-refractivity contribution in [1.29, 1.82) is 0 Å². The summed E-state index contributed by atoms with van der Waals surface area (Å²) in [5.41, 5.74) is 5.54. The molecule has 0 unspecified atom stereocenters. The van der Waals surface area contributed by atoms with E-state index in [1.54, 1.807) is 0 Å². The van der Waals surface area contributed by atoms with E-state index in [9.17, 15) is 4.79 Å². The molecule has 2 N–H and O–H groups in total. The summed E-state index contributed by atoms with van der Waals surface area (Å²) in [6.07, 6.45) is 11.3. The van der Waals surface area contributed by atoms with E-state index in [2.05, 4.69) is 6.92 Å². The van der Waals surface area contributed by atoms with Crippen LogP contribution in [0, 0.1) is 11.3 Å². The molecule has 2 fully saturated rings. The fourth-order valence-electron chi connectivity index (χ4n) is 3.44. The highest BCUT2D eigenvalue weighted by Gasteiger charge is 2.42. The van der Waals surface area contributed by atoms with Crippen molar-refractivity contribution in [3.05, 3.63) is 0 Å². The number of hydrogen-bond donors (Lipinski definition) is 1. The quantitative estimate of drug-likeness (QED) is 0.630. The first-order valence-electron chi connectivity index (χ1n) is 8.07. The summed E-state index contributed by atoms with van der Waals surface area (Å²) >= 11 is 0. The van der Waals surface area contributed by atoms with Crippen molar-refractivity contribution in [3.63, 3.8) is 0 Å². The molecule has 2 aliphatic carbocycles. The van der Waals surface area contributed by atoms with Crippen LogP contribution in [0.4, 0.5) is 0 Å². The molecular formula is C16H29NO2. The summed E-state index contributed by atoms with van der Waals surface area (Å²) in [5.74, 6) is 0.721. The molecule has 0 aromatic rings. The molecule has 0 aromatic carbocycles. The summed E-state index contributed by atoms with van der Waals surface area (Å²) in [7, 11) is 0. The molecule has 0 spiro atoms. The second kappa shape index (κ2) is 6.74. The van der Waals surface area contributed by atoms with E-state index in [0.717, 1.165) is 44.4 Å². The maximum atomic E-state index is 12.5. The van der Waals surface area contributed by atoms with E-state index in [0.29, 0.717) is 6.54 Å². The van der Waals surface area contributed by atoms with Crippen LogP contribution in [0.25, 0.3) is 0 Å². The van der Waals surface area contributed by atoms with E-state index < -0.39 is 0 Å². The Morgan fingerprint density at radius 1 is 1.11 bits per heavy atom. The van der Waals surface area contributed by atoms with Gasteiger partial charge in [0.1, 0.15) is 6.10 Å². The van der Waals surface area contributed by atoms with Gasteiger partial charge in [0.2, 0.25) is 0 Å². The number of ether oxygens (including phenoxy) is 1. The van der Waals surface area contributed by atoms with Gasteiger partial charge in [-0.25, -0.2) is 0 Å². The molecule has 110 valence electrons. The Labute approximate surface area is 117 Å². The predicted octanol–water partition coefficient (Wildman–Crippen LogP) is 3.41. The Hall–Kier alpha value is -0.570. The van der Waals surface area contributed by atoms with Crippen LogP contribution in [0.3, 0.4) is 0 Å². The van der Waals surface area contributed by atoms with Gasteiger partial charge < -0.3 is 10.5 Å². The minimum absolute atomic E-state index is 0.00574. The Morgan fingerprint density at radius 2 is 1.68 bits per heavy atom. The third-order valence-corrected chi connectivity index (χ3v) is 5.13. The first-order chi connectivity index (χ1) is 9.16. The minimum atomic E-state index is -0.376. The molecule has 0 bridgehead atoms. The standard InChI is InChI=1S/C16H29NO2/c1-13-8-10-16(12-17,11-9-13)15(18)19-14-6-4-2-3-5-7-14/h13-14H,2-12,17H2,1H3. The lowest BCUT2D eigenvalue weighted by atomic mass is 9.71. The van der Waals surface area contributed by atoms with Crippen LogP contribution in [0.15, 0.2) is 0 Å². The van der Waals surface area contributed by atoms with E-state index in [1.165, 1.54) is 25.7 Å². The number of carbonyl (C=O) groups excluding carboxylic acids is 1. The second-order valence-electron chi connectivity index (χ2n) is 6.69. The van der Waals surface area contributed by atoms with Gasteiger partial charge in [0.15, 0.2) is 0 Å². The normalized spacial score (nSPS) is 33.7. The Morgan fingerprint density at radius 3 is 2.21 bits per heavy atom. The molecule has 3 nitrogen and oxygen atoms in total. The van der Waals surface area contributed by atoms with Crippen molar-refractivity contribution in [2.24, 2.45) is 17.1 Å². The lowest BCUT2D eigenvalue weighted by molar-refractivity contribution is -0.164. The maximum absolute atomic E-state index is 12.5. The summed E-state index contributed by atoms with van der Waals surface area (Å²) in [5, 5.41) is 0. The van der Waals surface area contributed by atoms with Gasteiger partial charge >= 0.3 is 5.97 Å². The van der Waals surface area contributed by atoms with E-state index in [-0.39, 0.29) is 17.5 Å². The average Bonchev–Trinajstić information content (AvgIpc) is 2.68. The third kappa shape index (κ3) is 3.71. The first kappa shape index (κ1) is 14.8.